The molecular weight excluding hydrogens is 226 g/mol. The van der Waals surface area contributed by atoms with Crippen LogP contribution in [0.3, 0.4) is 0 Å². The fourth-order valence-corrected chi connectivity index (χ4v) is 2.54. The number of nitrogens with zero attached hydrogens (tertiary/aromatic N) is 4. The van der Waals surface area contributed by atoms with Crippen LogP contribution < -0.4 is 5.32 Å². The first-order valence-corrected chi connectivity index (χ1v) is 6.47. The number of hydrogen-bond acceptors (Lipinski definition) is 4. The summed E-state index contributed by atoms with van der Waals surface area (Å²) in [5.74, 6) is 0. The quantitative estimate of drug-likeness (QED) is 0.854. The van der Waals surface area contributed by atoms with E-state index < -0.39 is 0 Å². The van der Waals surface area contributed by atoms with Gasteiger partial charge in [0.15, 0.2) is 5.65 Å². The van der Waals surface area contributed by atoms with Crippen molar-refractivity contribution in [2.75, 3.05) is 13.1 Å². The van der Waals surface area contributed by atoms with Crippen LogP contribution in [-0.2, 0) is 6.54 Å². The summed E-state index contributed by atoms with van der Waals surface area (Å²) in [7, 11) is 0. The molecule has 5 heteroatoms. The second-order valence-corrected chi connectivity index (χ2v) is 5.14. The summed E-state index contributed by atoms with van der Waals surface area (Å²) in [5.41, 5.74) is 2.15. The molecule has 2 aromatic rings. The minimum absolute atomic E-state index is 0.557. The van der Waals surface area contributed by atoms with Crippen molar-refractivity contribution >= 4 is 5.65 Å². The highest BCUT2D eigenvalue weighted by atomic mass is 15.2. The predicted molar refractivity (Wildman–Crippen MR) is 70.3 cm³/mol. The fraction of sp³-hybridized carbons (Fsp3) is 0.538. The lowest BCUT2D eigenvalue weighted by Gasteiger charge is -2.37. The molecule has 0 aliphatic carbocycles. The third-order valence-electron chi connectivity index (χ3n) is 3.65. The zero-order valence-electron chi connectivity index (χ0n) is 10.9. The monoisotopic (exact) mass is 245 g/mol. The Kier molecular flexibility index (Phi) is 3.01. The van der Waals surface area contributed by atoms with E-state index in [1.54, 1.807) is 6.20 Å². The molecule has 5 nitrogen and oxygen atoms in total. The fourth-order valence-electron chi connectivity index (χ4n) is 2.54. The van der Waals surface area contributed by atoms with Crippen LogP contribution in [0.15, 0.2) is 24.8 Å². The van der Waals surface area contributed by atoms with Gasteiger partial charge in [-0.2, -0.15) is 0 Å². The second-order valence-electron chi connectivity index (χ2n) is 5.14. The molecule has 3 rings (SSSR count). The standard InChI is InChI=1S/C13H19N5/c1-10-8-17(11(2)5-15-10)9-12-6-16-13-7-14-3-4-18(12)13/h3-4,6-7,10-11,15H,5,8-9H2,1-2H3. The maximum atomic E-state index is 4.39. The number of fused-ring (bicyclic) bond motifs is 1. The molecule has 2 unspecified atom stereocenters. The van der Waals surface area contributed by atoms with Gasteiger partial charge in [-0.05, 0) is 13.8 Å². The average molecular weight is 245 g/mol. The molecule has 0 saturated carbocycles. The van der Waals surface area contributed by atoms with E-state index in [1.807, 2.05) is 18.6 Å². The van der Waals surface area contributed by atoms with Crippen LogP contribution in [0.5, 0.6) is 0 Å². The Balaban J connectivity index is 1.83. The molecule has 0 radical (unpaired) electrons. The van der Waals surface area contributed by atoms with E-state index in [0.29, 0.717) is 12.1 Å². The summed E-state index contributed by atoms with van der Waals surface area (Å²) < 4.78 is 2.12. The molecule has 2 aromatic heterocycles. The maximum absolute atomic E-state index is 4.39. The van der Waals surface area contributed by atoms with Crippen LogP contribution in [0.1, 0.15) is 19.5 Å². The van der Waals surface area contributed by atoms with E-state index in [9.17, 15) is 0 Å². The zero-order valence-corrected chi connectivity index (χ0v) is 10.9. The first-order chi connectivity index (χ1) is 8.74. The van der Waals surface area contributed by atoms with Crippen LogP contribution in [-0.4, -0.2) is 44.4 Å². The lowest BCUT2D eigenvalue weighted by molar-refractivity contribution is 0.137. The van der Waals surface area contributed by atoms with E-state index in [-0.39, 0.29) is 0 Å². The van der Waals surface area contributed by atoms with Crippen LogP contribution in [0.2, 0.25) is 0 Å². The number of nitrogens with one attached hydrogen (secondary N) is 1. The van der Waals surface area contributed by atoms with E-state index in [4.69, 9.17) is 0 Å². The molecule has 2 atom stereocenters. The highest BCUT2D eigenvalue weighted by molar-refractivity contribution is 5.36. The third kappa shape index (κ3) is 2.11. The van der Waals surface area contributed by atoms with Crippen molar-refractivity contribution in [3.8, 4) is 0 Å². The lowest BCUT2D eigenvalue weighted by atomic mass is 10.1. The molecule has 0 bridgehead atoms. The predicted octanol–water partition coefficient (Wildman–Crippen LogP) is 0.911. The maximum Gasteiger partial charge on any atom is 0.155 e. The molecule has 1 aliphatic heterocycles. The summed E-state index contributed by atoms with van der Waals surface area (Å²) >= 11 is 0. The Labute approximate surface area is 107 Å². The smallest absolute Gasteiger partial charge is 0.155 e. The van der Waals surface area contributed by atoms with Crippen LogP contribution in [0, 0.1) is 0 Å². The van der Waals surface area contributed by atoms with Crippen molar-refractivity contribution in [3.63, 3.8) is 0 Å². The van der Waals surface area contributed by atoms with Crippen molar-refractivity contribution in [1.29, 1.82) is 0 Å². The molecule has 1 saturated heterocycles. The summed E-state index contributed by atoms with van der Waals surface area (Å²) in [6.07, 6.45) is 7.54. The Morgan fingerprint density at radius 2 is 2.28 bits per heavy atom. The van der Waals surface area contributed by atoms with Gasteiger partial charge in [-0.3, -0.25) is 14.3 Å². The first-order valence-electron chi connectivity index (χ1n) is 6.47. The SMILES string of the molecule is CC1CN(Cc2cnc3cnccn23)C(C)CN1. The van der Waals surface area contributed by atoms with Gasteiger partial charge in [0.1, 0.15) is 0 Å². The lowest BCUT2D eigenvalue weighted by Crippen LogP contribution is -2.53. The molecule has 1 aliphatic rings. The number of hydrogen-bond donors (Lipinski definition) is 1. The third-order valence-corrected chi connectivity index (χ3v) is 3.65. The highest BCUT2D eigenvalue weighted by Gasteiger charge is 2.23. The van der Waals surface area contributed by atoms with Gasteiger partial charge in [0.2, 0.25) is 0 Å². The van der Waals surface area contributed by atoms with Crippen LogP contribution >= 0.6 is 0 Å². The molecule has 0 aromatic carbocycles. The summed E-state index contributed by atoms with van der Waals surface area (Å²) in [5, 5.41) is 3.50. The first kappa shape index (κ1) is 11.6. The highest BCUT2D eigenvalue weighted by Crippen LogP contribution is 2.13. The Bertz CT molecular complexity index is 535. The largest absolute Gasteiger partial charge is 0.311 e. The van der Waals surface area contributed by atoms with Crippen LogP contribution in [0.4, 0.5) is 0 Å². The number of imidazole rings is 1. The molecular formula is C13H19N5. The van der Waals surface area contributed by atoms with E-state index in [1.165, 1.54) is 5.69 Å². The Hall–Kier alpha value is -1.46. The minimum atomic E-state index is 0.557. The molecule has 0 amide bonds. The van der Waals surface area contributed by atoms with Crippen LogP contribution in [0.25, 0.3) is 5.65 Å². The summed E-state index contributed by atoms with van der Waals surface area (Å²) in [4.78, 5) is 11.0. The topological polar surface area (TPSA) is 45.5 Å². The van der Waals surface area contributed by atoms with Gasteiger partial charge < -0.3 is 5.32 Å². The van der Waals surface area contributed by atoms with Crippen molar-refractivity contribution in [1.82, 2.24) is 24.6 Å². The van der Waals surface area contributed by atoms with Crippen molar-refractivity contribution in [2.45, 2.75) is 32.5 Å². The van der Waals surface area contributed by atoms with Gasteiger partial charge >= 0.3 is 0 Å². The molecule has 1 N–H and O–H groups in total. The summed E-state index contributed by atoms with van der Waals surface area (Å²) in [6.45, 7) is 7.58. The van der Waals surface area contributed by atoms with Gasteiger partial charge in [-0.15, -0.1) is 0 Å². The molecule has 1 fully saturated rings. The number of rotatable bonds is 2. The molecule has 0 spiro atoms. The molecule has 96 valence electrons. The Morgan fingerprint density at radius 1 is 1.39 bits per heavy atom. The van der Waals surface area contributed by atoms with Gasteiger partial charge in [0.05, 0.1) is 18.1 Å². The number of piperazine rings is 1. The van der Waals surface area contributed by atoms with Gasteiger partial charge in [-0.25, -0.2) is 4.98 Å². The second kappa shape index (κ2) is 4.66. The normalized spacial score (nSPS) is 25.7. The summed E-state index contributed by atoms with van der Waals surface area (Å²) in [6, 6.07) is 1.12. The van der Waals surface area contributed by atoms with Crippen molar-refractivity contribution < 1.29 is 0 Å². The van der Waals surface area contributed by atoms with Gasteiger partial charge in [0, 0.05) is 44.1 Å². The zero-order chi connectivity index (χ0) is 12.5. The van der Waals surface area contributed by atoms with Gasteiger partial charge in [-0.1, -0.05) is 0 Å². The Morgan fingerprint density at radius 3 is 3.17 bits per heavy atom. The minimum Gasteiger partial charge on any atom is -0.311 e. The van der Waals surface area contributed by atoms with Gasteiger partial charge in [0.25, 0.3) is 0 Å². The van der Waals surface area contributed by atoms with E-state index >= 15 is 0 Å². The number of aromatic nitrogens is 3. The molecule has 3 heterocycles. The average Bonchev–Trinajstić information content (AvgIpc) is 2.78. The van der Waals surface area contributed by atoms with Crippen molar-refractivity contribution in [3.05, 3.63) is 30.5 Å². The molecule has 18 heavy (non-hydrogen) atoms. The van der Waals surface area contributed by atoms with E-state index in [0.717, 1.165) is 25.3 Å². The van der Waals surface area contributed by atoms with Crippen molar-refractivity contribution in [2.24, 2.45) is 0 Å². The van der Waals surface area contributed by atoms with E-state index in [2.05, 4.69) is 38.4 Å².